The van der Waals surface area contributed by atoms with E-state index in [0.717, 1.165) is 16.1 Å². The Morgan fingerprint density at radius 3 is 2.59 bits per heavy atom. The molecule has 2 heterocycles. The number of benzene rings is 1. The first-order valence-electron chi connectivity index (χ1n) is 9.11. The maximum atomic E-state index is 13.2. The minimum Gasteiger partial charge on any atom is -0.493 e. The molecule has 0 aliphatic carbocycles. The van der Waals surface area contributed by atoms with Crippen molar-refractivity contribution < 1.29 is 9.47 Å². The van der Waals surface area contributed by atoms with Crippen LogP contribution >= 0.6 is 22.9 Å². The van der Waals surface area contributed by atoms with Crippen LogP contribution in [0.4, 0.5) is 0 Å². The van der Waals surface area contributed by atoms with E-state index in [9.17, 15) is 4.79 Å². The van der Waals surface area contributed by atoms with Crippen molar-refractivity contribution in [3.8, 4) is 11.5 Å². The number of hydrogen-bond donors (Lipinski definition) is 1. The van der Waals surface area contributed by atoms with Crippen LogP contribution in [-0.2, 0) is 13.1 Å². The van der Waals surface area contributed by atoms with Crippen LogP contribution in [0, 0.1) is 6.92 Å². The lowest BCUT2D eigenvalue weighted by atomic mass is 10.1. The van der Waals surface area contributed by atoms with Crippen LogP contribution in [0.15, 0.2) is 40.0 Å². The zero-order valence-electron chi connectivity index (χ0n) is 16.9. The fourth-order valence-corrected chi connectivity index (χ4v) is 3.99. The topological polar surface area (TPSA) is 65.4 Å². The van der Waals surface area contributed by atoms with Crippen molar-refractivity contribution in [3.05, 3.63) is 61.8 Å². The SMILES string of the molecule is C=C(Cl)Cn1c(=O)c(CNC(C)c2csc(C)n2)cc2cc(OC)c(OC)cc21. The van der Waals surface area contributed by atoms with Gasteiger partial charge in [-0.05, 0) is 26.0 Å². The van der Waals surface area contributed by atoms with Crippen molar-refractivity contribution in [1.82, 2.24) is 14.9 Å². The smallest absolute Gasteiger partial charge is 0.255 e. The van der Waals surface area contributed by atoms with Crippen molar-refractivity contribution in [2.24, 2.45) is 0 Å². The maximum Gasteiger partial charge on any atom is 0.255 e. The van der Waals surface area contributed by atoms with Crippen molar-refractivity contribution in [1.29, 1.82) is 0 Å². The predicted molar refractivity (Wildman–Crippen MR) is 118 cm³/mol. The summed E-state index contributed by atoms with van der Waals surface area (Å²) in [6.45, 7) is 8.36. The van der Waals surface area contributed by atoms with Gasteiger partial charge in [0.1, 0.15) is 0 Å². The molecule has 1 aromatic carbocycles. The van der Waals surface area contributed by atoms with Gasteiger partial charge >= 0.3 is 0 Å². The van der Waals surface area contributed by atoms with E-state index < -0.39 is 0 Å². The first-order valence-corrected chi connectivity index (χ1v) is 10.4. The molecule has 3 aromatic rings. The lowest BCUT2D eigenvalue weighted by Crippen LogP contribution is -2.29. The molecule has 0 radical (unpaired) electrons. The Balaban J connectivity index is 2.03. The van der Waals surface area contributed by atoms with Gasteiger partial charge in [0, 0.05) is 40.0 Å². The standard InChI is InChI=1S/C21H24ClN3O3S/c1-12(22)10-25-18-8-20(28-5)19(27-4)7-15(18)6-16(21(25)26)9-23-13(2)17-11-29-14(3)24-17/h6-8,11,13,23H,1,9-10H2,2-5H3. The number of ether oxygens (including phenoxy) is 2. The summed E-state index contributed by atoms with van der Waals surface area (Å²) in [6.07, 6.45) is 0. The molecule has 1 N–H and O–H groups in total. The van der Waals surface area contributed by atoms with E-state index in [2.05, 4.69) is 16.9 Å². The first kappa shape index (κ1) is 21.4. The van der Waals surface area contributed by atoms with E-state index in [4.69, 9.17) is 21.1 Å². The molecule has 8 heteroatoms. The number of rotatable bonds is 8. The predicted octanol–water partition coefficient (Wildman–Crippen LogP) is 4.39. The number of aromatic nitrogens is 2. The Morgan fingerprint density at radius 1 is 1.31 bits per heavy atom. The van der Waals surface area contributed by atoms with Gasteiger partial charge in [-0.1, -0.05) is 18.2 Å². The Kier molecular flexibility index (Phi) is 6.62. The van der Waals surface area contributed by atoms with E-state index in [1.807, 2.05) is 31.4 Å². The van der Waals surface area contributed by atoms with E-state index in [0.29, 0.717) is 34.2 Å². The maximum absolute atomic E-state index is 13.2. The van der Waals surface area contributed by atoms with Gasteiger partial charge in [-0.15, -0.1) is 11.3 Å². The third-order valence-corrected chi connectivity index (χ3v) is 5.59. The number of allylic oxidation sites excluding steroid dienone is 1. The Morgan fingerprint density at radius 2 is 2.00 bits per heavy atom. The number of halogens is 1. The molecule has 0 fully saturated rings. The van der Waals surface area contributed by atoms with E-state index in [-0.39, 0.29) is 18.1 Å². The largest absolute Gasteiger partial charge is 0.493 e. The average molecular weight is 434 g/mol. The van der Waals surface area contributed by atoms with Gasteiger partial charge in [0.25, 0.3) is 5.56 Å². The van der Waals surface area contributed by atoms with Gasteiger partial charge in [0.05, 0.1) is 37.0 Å². The summed E-state index contributed by atoms with van der Waals surface area (Å²) in [5.41, 5.74) is 2.18. The average Bonchev–Trinajstić information content (AvgIpc) is 3.13. The van der Waals surface area contributed by atoms with Crippen LogP contribution in [0.1, 0.15) is 29.2 Å². The third-order valence-electron chi connectivity index (χ3n) is 4.68. The quantitative estimate of drug-likeness (QED) is 0.570. The summed E-state index contributed by atoms with van der Waals surface area (Å²) in [5.74, 6) is 1.15. The molecule has 0 saturated carbocycles. The van der Waals surface area contributed by atoms with Gasteiger partial charge in [-0.2, -0.15) is 0 Å². The van der Waals surface area contributed by atoms with Crippen molar-refractivity contribution in [2.45, 2.75) is 33.0 Å². The summed E-state index contributed by atoms with van der Waals surface area (Å²) in [5, 5.41) is 7.66. The van der Waals surface area contributed by atoms with Crippen LogP contribution in [0.25, 0.3) is 10.9 Å². The van der Waals surface area contributed by atoms with E-state index >= 15 is 0 Å². The zero-order valence-corrected chi connectivity index (χ0v) is 18.5. The van der Waals surface area contributed by atoms with Crippen molar-refractivity contribution >= 4 is 33.8 Å². The molecule has 6 nitrogen and oxygen atoms in total. The summed E-state index contributed by atoms with van der Waals surface area (Å²) in [6, 6.07) is 5.54. The van der Waals surface area contributed by atoms with Crippen LogP contribution in [0.5, 0.6) is 11.5 Å². The number of hydrogen-bond acceptors (Lipinski definition) is 6. The highest BCUT2D eigenvalue weighted by atomic mass is 35.5. The van der Waals surface area contributed by atoms with Crippen molar-refractivity contribution in [2.75, 3.05) is 14.2 Å². The molecule has 3 rings (SSSR count). The fourth-order valence-electron chi connectivity index (χ4n) is 3.17. The molecule has 0 aliphatic rings. The van der Waals surface area contributed by atoms with Gasteiger partial charge in [-0.3, -0.25) is 4.79 Å². The Bertz CT molecular complexity index is 1110. The molecular weight excluding hydrogens is 410 g/mol. The molecule has 0 saturated heterocycles. The number of pyridine rings is 1. The van der Waals surface area contributed by atoms with Crippen LogP contribution in [0.2, 0.25) is 0 Å². The van der Waals surface area contributed by atoms with Crippen molar-refractivity contribution in [3.63, 3.8) is 0 Å². The summed E-state index contributed by atoms with van der Waals surface area (Å²) >= 11 is 7.66. The van der Waals surface area contributed by atoms with Gasteiger partial charge in [0.15, 0.2) is 11.5 Å². The summed E-state index contributed by atoms with van der Waals surface area (Å²) < 4.78 is 12.4. The fraction of sp³-hybridized carbons (Fsp3) is 0.333. The molecule has 29 heavy (non-hydrogen) atoms. The highest BCUT2D eigenvalue weighted by Gasteiger charge is 2.15. The minimum atomic E-state index is -0.124. The molecule has 2 aromatic heterocycles. The molecule has 0 aliphatic heterocycles. The number of thiazole rings is 1. The third kappa shape index (κ3) is 4.63. The summed E-state index contributed by atoms with van der Waals surface area (Å²) in [4.78, 5) is 17.7. The normalized spacial score (nSPS) is 12.2. The Labute approximate surface area is 178 Å². The van der Waals surface area contributed by atoms with Gasteiger partial charge in [-0.25, -0.2) is 4.98 Å². The van der Waals surface area contributed by atoms with E-state index in [1.165, 1.54) is 0 Å². The second kappa shape index (κ2) is 8.98. The summed E-state index contributed by atoms with van der Waals surface area (Å²) in [7, 11) is 3.15. The molecule has 0 bridgehead atoms. The van der Waals surface area contributed by atoms with Crippen LogP contribution in [-0.4, -0.2) is 23.8 Å². The molecule has 0 spiro atoms. The molecule has 0 amide bonds. The van der Waals surface area contributed by atoms with E-state index in [1.54, 1.807) is 36.2 Å². The second-order valence-electron chi connectivity index (χ2n) is 6.74. The number of nitrogens with zero attached hydrogens (tertiary/aromatic N) is 2. The number of methoxy groups -OCH3 is 2. The molecular formula is C21H24ClN3O3S. The first-order chi connectivity index (χ1) is 13.8. The zero-order chi connectivity index (χ0) is 21.1. The van der Waals surface area contributed by atoms with Crippen LogP contribution < -0.4 is 20.3 Å². The molecule has 154 valence electrons. The number of nitrogens with one attached hydrogen (secondary N) is 1. The number of fused-ring (bicyclic) bond motifs is 1. The highest BCUT2D eigenvalue weighted by Crippen LogP contribution is 2.32. The monoisotopic (exact) mass is 433 g/mol. The number of aryl methyl sites for hydroxylation is 1. The second-order valence-corrected chi connectivity index (χ2v) is 8.33. The molecule has 1 atom stereocenters. The minimum absolute atomic E-state index is 0.0249. The Hall–Kier alpha value is -2.35. The lowest BCUT2D eigenvalue weighted by Gasteiger charge is -2.17. The lowest BCUT2D eigenvalue weighted by molar-refractivity contribution is 0.355. The van der Waals surface area contributed by atoms with Crippen LogP contribution in [0.3, 0.4) is 0 Å². The van der Waals surface area contributed by atoms with Gasteiger partial charge in [0.2, 0.25) is 0 Å². The van der Waals surface area contributed by atoms with Gasteiger partial charge < -0.3 is 19.4 Å². The highest BCUT2D eigenvalue weighted by molar-refractivity contribution is 7.09. The molecule has 1 unspecified atom stereocenters.